The van der Waals surface area contributed by atoms with Gasteiger partial charge in [0.15, 0.2) is 0 Å². The average molecular weight is 482 g/mol. The minimum atomic E-state index is -0.0595. The Labute approximate surface area is 200 Å². The van der Waals surface area contributed by atoms with Crippen LogP contribution in [0.15, 0.2) is 40.0 Å². The standard InChI is InChI=1S/C23H37N4O5S/c1-18-15-21(5-6-22(18)24-25-23-26(4)7-14-33-23)27(16-19(2)31-11-9-29)17-20(3)32-13-12-30-10-8-28/h5-7,14-15,19-20,28-29H,8-13,16-17H2,1-4H3/q+1. The molecule has 0 aliphatic rings. The first-order valence-corrected chi connectivity index (χ1v) is 12.1. The number of aromatic nitrogens is 1. The molecule has 0 saturated carbocycles. The molecule has 0 aliphatic carbocycles. The summed E-state index contributed by atoms with van der Waals surface area (Å²) >= 11 is 1.54. The zero-order valence-corrected chi connectivity index (χ0v) is 20.8. The van der Waals surface area contributed by atoms with E-state index in [2.05, 4.69) is 21.2 Å². The van der Waals surface area contributed by atoms with Crippen molar-refractivity contribution in [2.24, 2.45) is 17.3 Å². The highest BCUT2D eigenvalue weighted by molar-refractivity contribution is 7.12. The molecule has 1 aromatic carbocycles. The molecule has 9 nitrogen and oxygen atoms in total. The molecule has 0 bridgehead atoms. The highest BCUT2D eigenvalue weighted by Gasteiger charge is 2.17. The Kier molecular flexibility index (Phi) is 12.4. The number of benzene rings is 1. The average Bonchev–Trinajstić information content (AvgIpc) is 3.20. The molecule has 184 valence electrons. The SMILES string of the molecule is Cc1cc(N(CC(C)OCCO)CC(C)OCCOCCO)ccc1N=Nc1scc[n+]1C. The molecule has 0 amide bonds. The molecule has 0 spiro atoms. The second-order valence-electron chi connectivity index (χ2n) is 7.79. The fraction of sp³-hybridized carbons (Fsp3) is 0.609. The van der Waals surface area contributed by atoms with Gasteiger partial charge in [0.05, 0.1) is 64.0 Å². The minimum Gasteiger partial charge on any atom is -0.394 e. The van der Waals surface area contributed by atoms with Crippen LogP contribution in [-0.4, -0.2) is 75.2 Å². The molecule has 0 radical (unpaired) electrons. The molecule has 0 aliphatic heterocycles. The van der Waals surface area contributed by atoms with Crippen LogP contribution in [-0.2, 0) is 21.3 Å². The number of nitrogens with zero attached hydrogens (tertiary/aromatic N) is 4. The number of thiazole rings is 1. The maximum Gasteiger partial charge on any atom is 0.408 e. The monoisotopic (exact) mass is 481 g/mol. The molecule has 0 fully saturated rings. The van der Waals surface area contributed by atoms with Crippen molar-refractivity contribution in [1.29, 1.82) is 0 Å². The fourth-order valence-corrected chi connectivity index (χ4v) is 3.89. The molecule has 0 saturated heterocycles. The highest BCUT2D eigenvalue weighted by Crippen LogP contribution is 2.27. The summed E-state index contributed by atoms with van der Waals surface area (Å²) in [7, 11) is 1.95. The molecule has 2 rings (SSSR count). The summed E-state index contributed by atoms with van der Waals surface area (Å²) in [4.78, 5) is 2.22. The van der Waals surface area contributed by atoms with E-state index in [4.69, 9.17) is 24.4 Å². The number of azo groups is 1. The van der Waals surface area contributed by atoms with Crippen molar-refractivity contribution in [1.82, 2.24) is 0 Å². The van der Waals surface area contributed by atoms with E-state index < -0.39 is 0 Å². The van der Waals surface area contributed by atoms with E-state index in [0.717, 1.165) is 22.1 Å². The van der Waals surface area contributed by atoms with E-state index in [-0.39, 0.29) is 25.4 Å². The lowest BCUT2D eigenvalue weighted by Crippen LogP contribution is -2.38. The van der Waals surface area contributed by atoms with Crippen molar-refractivity contribution < 1.29 is 29.0 Å². The van der Waals surface area contributed by atoms with Crippen LogP contribution >= 0.6 is 11.3 Å². The molecule has 10 heteroatoms. The van der Waals surface area contributed by atoms with E-state index in [9.17, 15) is 0 Å². The third-order valence-electron chi connectivity index (χ3n) is 4.86. The van der Waals surface area contributed by atoms with Crippen LogP contribution in [0.2, 0.25) is 0 Å². The predicted molar refractivity (Wildman–Crippen MR) is 129 cm³/mol. The Morgan fingerprint density at radius 1 is 1.00 bits per heavy atom. The van der Waals surface area contributed by atoms with Gasteiger partial charge in [-0.1, -0.05) is 0 Å². The summed E-state index contributed by atoms with van der Waals surface area (Å²) in [6.45, 7) is 8.90. The van der Waals surface area contributed by atoms with Crippen molar-refractivity contribution in [3.63, 3.8) is 0 Å². The largest absolute Gasteiger partial charge is 0.408 e. The van der Waals surface area contributed by atoms with Gasteiger partial charge in [-0.15, -0.1) is 0 Å². The van der Waals surface area contributed by atoms with Gasteiger partial charge in [0.1, 0.15) is 11.9 Å². The second-order valence-corrected chi connectivity index (χ2v) is 8.67. The molecular formula is C23H37N4O5S+. The molecule has 33 heavy (non-hydrogen) atoms. The lowest BCUT2D eigenvalue weighted by molar-refractivity contribution is -0.654. The maximum absolute atomic E-state index is 9.07. The summed E-state index contributed by atoms with van der Waals surface area (Å²) in [5.74, 6) is 0. The lowest BCUT2D eigenvalue weighted by Gasteiger charge is -2.30. The number of hydrogen-bond acceptors (Lipinski definition) is 9. The van der Waals surface area contributed by atoms with Gasteiger partial charge in [-0.25, -0.2) is 4.57 Å². The van der Waals surface area contributed by atoms with Crippen LogP contribution in [0.5, 0.6) is 0 Å². The van der Waals surface area contributed by atoms with Crippen LogP contribution in [0, 0.1) is 6.92 Å². The van der Waals surface area contributed by atoms with Gasteiger partial charge in [-0.05, 0) is 61.0 Å². The molecule has 1 heterocycles. The van der Waals surface area contributed by atoms with Gasteiger partial charge < -0.3 is 29.3 Å². The van der Waals surface area contributed by atoms with Crippen molar-refractivity contribution in [3.05, 3.63) is 35.3 Å². The Bertz CT molecular complexity index is 848. The van der Waals surface area contributed by atoms with Gasteiger partial charge in [0, 0.05) is 24.2 Å². The minimum absolute atomic E-state index is 0.00148. The van der Waals surface area contributed by atoms with E-state index in [1.807, 2.05) is 56.1 Å². The predicted octanol–water partition coefficient (Wildman–Crippen LogP) is 2.91. The summed E-state index contributed by atoms with van der Waals surface area (Å²) < 4.78 is 18.8. The number of anilines is 1. The van der Waals surface area contributed by atoms with Crippen LogP contribution in [0.25, 0.3) is 0 Å². The van der Waals surface area contributed by atoms with E-state index in [1.54, 1.807) is 11.3 Å². The molecule has 1 aromatic heterocycles. The van der Waals surface area contributed by atoms with E-state index >= 15 is 0 Å². The van der Waals surface area contributed by atoms with Crippen LogP contribution in [0.3, 0.4) is 0 Å². The quantitative estimate of drug-likeness (QED) is 0.217. The first-order chi connectivity index (χ1) is 15.9. The van der Waals surface area contributed by atoms with Gasteiger partial charge >= 0.3 is 5.13 Å². The van der Waals surface area contributed by atoms with Crippen molar-refractivity contribution in [2.45, 2.75) is 33.0 Å². The first kappa shape index (κ1) is 27.3. The number of rotatable bonds is 16. The number of aliphatic hydroxyl groups is 2. The van der Waals surface area contributed by atoms with Crippen LogP contribution in [0.1, 0.15) is 19.4 Å². The van der Waals surface area contributed by atoms with Crippen LogP contribution < -0.4 is 9.47 Å². The lowest BCUT2D eigenvalue weighted by atomic mass is 10.1. The zero-order valence-electron chi connectivity index (χ0n) is 20.0. The fourth-order valence-electron chi connectivity index (χ4n) is 3.21. The second kappa shape index (κ2) is 15.0. The van der Waals surface area contributed by atoms with E-state index in [0.29, 0.717) is 39.5 Å². The molecular weight excluding hydrogens is 444 g/mol. The summed E-state index contributed by atoms with van der Waals surface area (Å²) in [6.07, 6.45) is 1.86. The summed E-state index contributed by atoms with van der Waals surface area (Å²) in [5.41, 5.74) is 2.89. The maximum atomic E-state index is 9.07. The van der Waals surface area contributed by atoms with Gasteiger partial charge in [0.25, 0.3) is 0 Å². The number of aliphatic hydroxyl groups excluding tert-OH is 2. The third-order valence-corrected chi connectivity index (χ3v) is 5.70. The summed E-state index contributed by atoms with van der Waals surface area (Å²) in [6, 6.07) is 6.10. The van der Waals surface area contributed by atoms with Gasteiger partial charge in [0.2, 0.25) is 0 Å². The normalized spacial score (nSPS) is 13.5. The summed E-state index contributed by atoms with van der Waals surface area (Å²) in [5, 5.41) is 29.5. The third kappa shape index (κ3) is 9.83. The highest BCUT2D eigenvalue weighted by atomic mass is 32.1. The zero-order chi connectivity index (χ0) is 24.1. The smallest absolute Gasteiger partial charge is 0.394 e. The van der Waals surface area contributed by atoms with Crippen molar-refractivity contribution in [3.8, 4) is 0 Å². The van der Waals surface area contributed by atoms with Crippen LogP contribution in [0.4, 0.5) is 16.5 Å². The van der Waals surface area contributed by atoms with Crippen molar-refractivity contribution >= 4 is 27.8 Å². The molecule has 2 N–H and O–H groups in total. The van der Waals surface area contributed by atoms with Gasteiger partial charge in [-0.3, -0.25) is 0 Å². The van der Waals surface area contributed by atoms with E-state index in [1.165, 1.54) is 0 Å². The number of aryl methyl sites for hydroxylation is 2. The first-order valence-electron chi connectivity index (χ1n) is 11.2. The Hall–Kier alpha value is -1.95. The topological polar surface area (TPSA) is 100.0 Å². The molecule has 2 unspecified atom stereocenters. The number of ether oxygens (including phenoxy) is 3. The Morgan fingerprint density at radius 2 is 1.70 bits per heavy atom. The number of hydrogen-bond donors (Lipinski definition) is 2. The molecule has 2 aromatic rings. The Balaban J connectivity index is 2.08. The van der Waals surface area contributed by atoms with Crippen molar-refractivity contribution in [2.75, 3.05) is 57.6 Å². The Morgan fingerprint density at radius 3 is 2.30 bits per heavy atom. The van der Waals surface area contributed by atoms with Gasteiger partial charge in [-0.2, -0.15) is 0 Å². The molecule has 2 atom stereocenters.